The summed E-state index contributed by atoms with van der Waals surface area (Å²) in [6.45, 7) is 6.54. The molecule has 0 aromatic heterocycles. The second-order valence-corrected chi connectivity index (χ2v) is 4.52. The smallest absolute Gasteiger partial charge is 0.0370 e. The fourth-order valence-electron chi connectivity index (χ4n) is 1.75. The number of halogens is 2. The summed E-state index contributed by atoms with van der Waals surface area (Å²) in [7, 11) is 0. The van der Waals surface area contributed by atoms with Crippen LogP contribution in [0.25, 0.3) is 0 Å². The standard InChI is InChI=1S/C11H15BrN2.ClH/c1-9-8-10(2-3-11(9)12)14-6-4-13-5-7-14;/h2-3,8,13H,4-7H2,1H3;1H. The van der Waals surface area contributed by atoms with E-state index in [2.05, 4.69) is 51.3 Å². The lowest BCUT2D eigenvalue weighted by Crippen LogP contribution is -2.43. The highest BCUT2D eigenvalue weighted by Crippen LogP contribution is 2.22. The number of hydrogen-bond donors (Lipinski definition) is 1. The Hall–Kier alpha value is -0.250. The Kier molecular flexibility index (Phi) is 4.90. The lowest BCUT2D eigenvalue weighted by Gasteiger charge is -2.29. The van der Waals surface area contributed by atoms with Gasteiger partial charge in [0.25, 0.3) is 0 Å². The van der Waals surface area contributed by atoms with E-state index >= 15 is 0 Å². The number of aryl methyl sites for hydroxylation is 1. The van der Waals surface area contributed by atoms with Gasteiger partial charge in [-0.2, -0.15) is 0 Å². The van der Waals surface area contributed by atoms with Gasteiger partial charge in [0.05, 0.1) is 0 Å². The monoisotopic (exact) mass is 290 g/mol. The molecule has 1 aromatic rings. The van der Waals surface area contributed by atoms with E-state index in [1.54, 1.807) is 0 Å². The van der Waals surface area contributed by atoms with Crippen molar-refractivity contribution in [3.8, 4) is 0 Å². The van der Waals surface area contributed by atoms with E-state index in [0.717, 1.165) is 26.2 Å². The highest BCUT2D eigenvalue weighted by Gasteiger charge is 2.10. The van der Waals surface area contributed by atoms with E-state index in [1.807, 2.05) is 0 Å². The maximum atomic E-state index is 3.52. The van der Waals surface area contributed by atoms with Crippen LogP contribution in [-0.4, -0.2) is 26.2 Å². The summed E-state index contributed by atoms with van der Waals surface area (Å²) in [6.07, 6.45) is 0. The van der Waals surface area contributed by atoms with E-state index in [0.29, 0.717) is 0 Å². The number of anilines is 1. The second-order valence-electron chi connectivity index (χ2n) is 3.67. The lowest BCUT2D eigenvalue weighted by molar-refractivity contribution is 0.589. The first kappa shape index (κ1) is 12.8. The van der Waals surface area contributed by atoms with Crippen LogP contribution >= 0.6 is 28.3 Å². The topological polar surface area (TPSA) is 15.3 Å². The maximum Gasteiger partial charge on any atom is 0.0370 e. The van der Waals surface area contributed by atoms with Gasteiger partial charge in [-0.25, -0.2) is 0 Å². The third-order valence-corrected chi connectivity index (χ3v) is 3.51. The molecule has 0 spiro atoms. The van der Waals surface area contributed by atoms with Gasteiger partial charge in [0.2, 0.25) is 0 Å². The molecule has 1 N–H and O–H groups in total. The van der Waals surface area contributed by atoms with Crippen LogP contribution in [0, 0.1) is 6.92 Å². The molecule has 0 bridgehead atoms. The summed E-state index contributed by atoms with van der Waals surface area (Å²) < 4.78 is 1.19. The zero-order valence-electron chi connectivity index (χ0n) is 8.79. The predicted molar refractivity (Wildman–Crippen MR) is 71.2 cm³/mol. The molecular formula is C11H16BrClN2. The van der Waals surface area contributed by atoms with Gasteiger partial charge >= 0.3 is 0 Å². The van der Waals surface area contributed by atoms with Crippen molar-refractivity contribution < 1.29 is 0 Å². The van der Waals surface area contributed by atoms with Gasteiger partial charge in [-0.1, -0.05) is 15.9 Å². The average molecular weight is 292 g/mol. The molecule has 4 heteroatoms. The van der Waals surface area contributed by atoms with Crippen molar-refractivity contribution in [2.45, 2.75) is 6.92 Å². The molecule has 1 aliphatic rings. The Labute approximate surface area is 106 Å². The SMILES string of the molecule is Cc1cc(N2CCNCC2)ccc1Br.Cl. The Bertz CT molecular complexity index is 324. The van der Waals surface area contributed by atoms with Crippen molar-refractivity contribution in [1.82, 2.24) is 5.32 Å². The third-order valence-electron chi connectivity index (χ3n) is 2.62. The van der Waals surface area contributed by atoms with E-state index in [1.165, 1.54) is 15.7 Å². The summed E-state index contributed by atoms with van der Waals surface area (Å²) in [6, 6.07) is 6.56. The number of rotatable bonds is 1. The van der Waals surface area contributed by atoms with E-state index in [9.17, 15) is 0 Å². The van der Waals surface area contributed by atoms with Gasteiger partial charge in [0.15, 0.2) is 0 Å². The summed E-state index contributed by atoms with van der Waals surface area (Å²) in [5, 5.41) is 3.36. The fraction of sp³-hybridized carbons (Fsp3) is 0.455. The quantitative estimate of drug-likeness (QED) is 0.855. The minimum absolute atomic E-state index is 0. The number of hydrogen-bond acceptors (Lipinski definition) is 2. The summed E-state index contributed by atoms with van der Waals surface area (Å²) in [4.78, 5) is 2.43. The second kappa shape index (κ2) is 5.73. The molecule has 1 aliphatic heterocycles. The van der Waals surface area contributed by atoms with Gasteiger partial charge in [-0.15, -0.1) is 12.4 Å². The van der Waals surface area contributed by atoms with Gasteiger partial charge in [-0.3, -0.25) is 0 Å². The summed E-state index contributed by atoms with van der Waals surface area (Å²) in [5.41, 5.74) is 2.65. The zero-order valence-corrected chi connectivity index (χ0v) is 11.2. The summed E-state index contributed by atoms with van der Waals surface area (Å²) >= 11 is 3.52. The van der Waals surface area contributed by atoms with Crippen molar-refractivity contribution in [3.63, 3.8) is 0 Å². The Morgan fingerprint density at radius 2 is 1.93 bits per heavy atom. The number of piperazine rings is 1. The van der Waals surface area contributed by atoms with E-state index in [-0.39, 0.29) is 12.4 Å². The van der Waals surface area contributed by atoms with Gasteiger partial charge in [0, 0.05) is 36.3 Å². The highest BCUT2D eigenvalue weighted by molar-refractivity contribution is 9.10. The van der Waals surface area contributed by atoms with Crippen molar-refractivity contribution in [1.29, 1.82) is 0 Å². The first-order valence-electron chi connectivity index (χ1n) is 4.99. The van der Waals surface area contributed by atoms with Gasteiger partial charge in [0.1, 0.15) is 0 Å². The predicted octanol–water partition coefficient (Wildman–Crippen LogP) is 2.59. The van der Waals surface area contributed by atoms with Crippen molar-refractivity contribution in [3.05, 3.63) is 28.2 Å². The van der Waals surface area contributed by atoms with Crippen LogP contribution in [0.3, 0.4) is 0 Å². The fourth-order valence-corrected chi connectivity index (χ4v) is 2.00. The van der Waals surface area contributed by atoms with Crippen molar-refractivity contribution >= 4 is 34.0 Å². The van der Waals surface area contributed by atoms with E-state index < -0.39 is 0 Å². The normalized spacial score (nSPS) is 16.0. The van der Waals surface area contributed by atoms with Crippen LogP contribution in [0.2, 0.25) is 0 Å². The molecule has 0 radical (unpaired) electrons. The molecule has 0 unspecified atom stereocenters. The Morgan fingerprint density at radius 3 is 2.53 bits per heavy atom. The molecule has 84 valence electrons. The first-order chi connectivity index (χ1) is 6.77. The molecule has 1 saturated heterocycles. The van der Waals surface area contributed by atoms with Crippen molar-refractivity contribution in [2.75, 3.05) is 31.1 Å². The Morgan fingerprint density at radius 1 is 1.27 bits per heavy atom. The number of nitrogens with zero attached hydrogens (tertiary/aromatic N) is 1. The zero-order chi connectivity index (χ0) is 9.97. The molecule has 1 heterocycles. The van der Waals surface area contributed by atoms with Gasteiger partial charge < -0.3 is 10.2 Å². The van der Waals surface area contributed by atoms with Gasteiger partial charge in [-0.05, 0) is 30.7 Å². The van der Waals surface area contributed by atoms with E-state index in [4.69, 9.17) is 0 Å². The molecular weight excluding hydrogens is 275 g/mol. The molecule has 15 heavy (non-hydrogen) atoms. The molecule has 0 saturated carbocycles. The Balaban J connectivity index is 0.00000112. The minimum Gasteiger partial charge on any atom is -0.369 e. The lowest BCUT2D eigenvalue weighted by atomic mass is 10.2. The average Bonchev–Trinajstić information content (AvgIpc) is 2.23. The number of nitrogens with one attached hydrogen (secondary N) is 1. The van der Waals surface area contributed by atoms with Crippen LogP contribution < -0.4 is 10.2 Å². The molecule has 1 fully saturated rings. The number of benzene rings is 1. The molecule has 1 aromatic carbocycles. The maximum absolute atomic E-state index is 3.52. The minimum atomic E-state index is 0. The molecule has 0 atom stereocenters. The van der Waals surface area contributed by atoms with Crippen LogP contribution in [0.4, 0.5) is 5.69 Å². The molecule has 0 aliphatic carbocycles. The molecule has 2 rings (SSSR count). The molecule has 0 amide bonds. The highest BCUT2D eigenvalue weighted by atomic mass is 79.9. The van der Waals surface area contributed by atoms with Crippen LogP contribution in [0.5, 0.6) is 0 Å². The van der Waals surface area contributed by atoms with Crippen LogP contribution in [0.1, 0.15) is 5.56 Å². The van der Waals surface area contributed by atoms with Crippen molar-refractivity contribution in [2.24, 2.45) is 0 Å². The summed E-state index contributed by atoms with van der Waals surface area (Å²) in [5.74, 6) is 0. The largest absolute Gasteiger partial charge is 0.369 e. The molecule has 2 nitrogen and oxygen atoms in total. The van der Waals surface area contributed by atoms with Crippen LogP contribution in [-0.2, 0) is 0 Å². The third kappa shape index (κ3) is 3.10. The van der Waals surface area contributed by atoms with Crippen LogP contribution in [0.15, 0.2) is 22.7 Å². The first-order valence-corrected chi connectivity index (χ1v) is 5.78.